The van der Waals surface area contributed by atoms with Crippen LogP contribution in [0.15, 0.2) is 78.6 Å². The second-order valence-corrected chi connectivity index (χ2v) is 9.15. The van der Waals surface area contributed by atoms with Gasteiger partial charge < -0.3 is 10.0 Å². The molecule has 1 saturated heterocycles. The number of aromatic nitrogens is 3. The predicted octanol–water partition coefficient (Wildman–Crippen LogP) is 4.51. The second-order valence-electron chi connectivity index (χ2n) is 8.29. The smallest absolute Gasteiger partial charge is 0.186 e. The van der Waals surface area contributed by atoms with Crippen molar-refractivity contribution in [1.29, 1.82) is 0 Å². The molecular formula is C26H24N4O2S. The van der Waals surface area contributed by atoms with Crippen LogP contribution in [0.4, 0.5) is 5.82 Å². The summed E-state index contributed by atoms with van der Waals surface area (Å²) < 4.78 is 0. The van der Waals surface area contributed by atoms with Crippen LogP contribution in [-0.2, 0) is 12.0 Å². The van der Waals surface area contributed by atoms with Crippen molar-refractivity contribution >= 4 is 22.9 Å². The van der Waals surface area contributed by atoms with E-state index in [-0.39, 0.29) is 12.2 Å². The SMILES string of the molecule is O=C(Cc1ccc(N2CCC(O)(c3ccccc3)CC2)nc1)c1csc(-c2cccnc2)n1. The third-order valence-electron chi connectivity index (χ3n) is 6.10. The van der Waals surface area contributed by atoms with Gasteiger partial charge in [0.05, 0.1) is 5.60 Å². The first kappa shape index (κ1) is 21.4. The lowest BCUT2D eigenvalue weighted by Crippen LogP contribution is -2.42. The fourth-order valence-electron chi connectivity index (χ4n) is 4.15. The van der Waals surface area contributed by atoms with Crippen LogP contribution in [0.1, 0.15) is 34.5 Å². The number of carbonyl (C=O) groups is 1. The van der Waals surface area contributed by atoms with Crippen molar-refractivity contribution in [3.05, 3.63) is 95.4 Å². The molecule has 1 fully saturated rings. The number of thiazole rings is 1. The van der Waals surface area contributed by atoms with Gasteiger partial charge in [-0.3, -0.25) is 9.78 Å². The molecule has 1 aromatic carbocycles. The zero-order valence-electron chi connectivity index (χ0n) is 18.1. The standard InChI is InChI=1S/C26H24N4O2S/c31-23(22-18-33-25(29-22)20-5-4-12-27-17-20)15-19-8-9-24(28-16-19)30-13-10-26(32,11-14-30)21-6-2-1-3-7-21/h1-9,12,16-18,32H,10-11,13-15H2. The van der Waals surface area contributed by atoms with Crippen LogP contribution in [0.3, 0.4) is 0 Å². The molecule has 0 saturated carbocycles. The van der Waals surface area contributed by atoms with Gasteiger partial charge in [0.2, 0.25) is 0 Å². The minimum atomic E-state index is -0.785. The molecule has 1 N–H and O–H groups in total. The minimum Gasteiger partial charge on any atom is -0.385 e. The Morgan fingerprint density at radius 1 is 1.03 bits per heavy atom. The van der Waals surface area contributed by atoms with E-state index in [1.165, 1.54) is 11.3 Å². The summed E-state index contributed by atoms with van der Waals surface area (Å²) in [7, 11) is 0. The molecule has 0 bridgehead atoms. The molecule has 3 aromatic heterocycles. The summed E-state index contributed by atoms with van der Waals surface area (Å²) in [6, 6.07) is 17.6. The predicted molar refractivity (Wildman–Crippen MR) is 129 cm³/mol. The van der Waals surface area contributed by atoms with Gasteiger partial charge in [0.25, 0.3) is 0 Å². The molecule has 5 rings (SSSR count). The van der Waals surface area contributed by atoms with Crippen LogP contribution >= 0.6 is 11.3 Å². The van der Waals surface area contributed by atoms with Crippen molar-refractivity contribution in [2.45, 2.75) is 24.9 Å². The Kier molecular flexibility index (Phi) is 5.98. The molecular weight excluding hydrogens is 432 g/mol. The number of ketones is 1. The van der Waals surface area contributed by atoms with Gasteiger partial charge in [-0.1, -0.05) is 36.4 Å². The Morgan fingerprint density at radius 3 is 2.55 bits per heavy atom. The highest BCUT2D eigenvalue weighted by atomic mass is 32.1. The van der Waals surface area contributed by atoms with Crippen LogP contribution in [0, 0.1) is 0 Å². The first-order valence-electron chi connectivity index (χ1n) is 11.0. The molecule has 1 aliphatic heterocycles. The number of pyridine rings is 2. The molecule has 7 heteroatoms. The van der Waals surface area contributed by atoms with Crippen molar-refractivity contribution in [2.75, 3.05) is 18.0 Å². The number of rotatable bonds is 6. The van der Waals surface area contributed by atoms with Crippen molar-refractivity contribution < 1.29 is 9.90 Å². The largest absolute Gasteiger partial charge is 0.385 e. The molecule has 0 radical (unpaired) electrons. The van der Waals surface area contributed by atoms with E-state index >= 15 is 0 Å². The highest BCUT2D eigenvalue weighted by molar-refractivity contribution is 7.13. The summed E-state index contributed by atoms with van der Waals surface area (Å²) in [5.41, 5.74) is 2.43. The average Bonchev–Trinajstić information content (AvgIpc) is 3.37. The van der Waals surface area contributed by atoms with Gasteiger partial charge in [-0.25, -0.2) is 9.97 Å². The summed E-state index contributed by atoms with van der Waals surface area (Å²) in [4.78, 5) is 28.1. The summed E-state index contributed by atoms with van der Waals surface area (Å²) >= 11 is 1.45. The second kappa shape index (κ2) is 9.21. The average molecular weight is 457 g/mol. The lowest BCUT2D eigenvalue weighted by Gasteiger charge is -2.39. The molecule has 0 atom stereocenters. The summed E-state index contributed by atoms with van der Waals surface area (Å²) in [6.45, 7) is 1.46. The Hall–Kier alpha value is -3.42. The Morgan fingerprint density at radius 2 is 1.85 bits per heavy atom. The van der Waals surface area contributed by atoms with Gasteiger partial charge in [0.15, 0.2) is 5.78 Å². The number of anilines is 1. The first-order valence-corrected chi connectivity index (χ1v) is 11.9. The van der Waals surface area contributed by atoms with Gasteiger partial charge in [0, 0.05) is 49.0 Å². The number of nitrogens with zero attached hydrogens (tertiary/aromatic N) is 4. The van der Waals surface area contributed by atoms with Gasteiger partial charge in [-0.15, -0.1) is 11.3 Å². The van der Waals surface area contributed by atoms with Crippen LogP contribution in [-0.4, -0.2) is 38.9 Å². The van der Waals surface area contributed by atoms with E-state index in [9.17, 15) is 9.90 Å². The topological polar surface area (TPSA) is 79.2 Å². The maximum atomic E-state index is 12.7. The first-order chi connectivity index (χ1) is 16.1. The molecule has 0 aliphatic carbocycles. The summed E-state index contributed by atoms with van der Waals surface area (Å²) in [5, 5.41) is 13.6. The molecule has 0 spiro atoms. The highest BCUT2D eigenvalue weighted by Gasteiger charge is 2.34. The molecule has 33 heavy (non-hydrogen) atoms. The van der Waals surface area contributed by atoms with E-state index < -0.39 is 5.60 Å². The van der Waals surface area contributed by atoms with Crippen LogP contribution < -0.4 is 4.90 Å². The van der Waals surface area contributed by atoms with Crippen LogP contribution in [0.25, 0.3) is 10.6 Å². The summed E-state index contributed by atoms with van der Waals surface area (Å²) in [5.74, 6) is 0.843. The molecule has 166 valence electrons. The Bertz CT molecular complexity index is 1220. The molecule has 0 unspecified atom stereocenters. The molecule has 4 aromatic rings. The number of carbonyl (C=O) groups excluding carboxylic acids is 1. The minimum absolute atomic E-state index is 0.0261. The van der Waals surface area contributed by atoms with Crippen molar-refractivity contribution in [1.82, 2.24) is 15.0 Å². The Labute approximate surface area is 196 Å². The quantitative estimate of drug-likeness (QED) is 0.430. The zero-order valence-corrected chi connectivity index (χ0v) is 18.9. The number of hydrogen-bond donors (Lipinski definition) is 1. The van der Waals surface area contributed by atoms with Crippen molar-refractivity contribution in [3.63, 3.8) is 0 Å². The fourth-order valence-corrected chi connectivity index (χ4v) is 4.97. The van der Waals surface area contributed by atoms with E-state index in [4.69, 9.17) is 0 Å². The third-order valence-corrected chi connectivity index (χ3v) is 6.99. The fraction of sp³-hybridized carbons (Fsp3) is 0.231. The number of benzene rings is 1. The van der Waals surface area contributed by atoms with Gasteiger partial charge in [-0.05, 0) is 42.2 Å². The number of piperidine rings is 1. The molecule has 1 aliphatic rings. The number of hydrogen-bond acceptors (Lipinski definition) is 7. The van der Waals surface area contributed by atoms with Gasteiger partial charge in [0.1, 0.15) is 16.5 Å². The maximum absolute atomic E-state index is 12.7. The number of aliphatic hydroxyl groups is 1. The van der Waals surface area contributed by atoms with Crippen LogP contribution in [0.2, 0.25) is 0 Å². The lowest BCUT2D eigenvalue weighted by atomic mass is 9.84. The maximum Gasteiger partial charge on any atom is 0.186 e. The van der Waals surface area contributed by atoms with E-state index in [0.717, 1.165) is 40.6 Å². The number of Topliss-reactive ketones (excluding diaryl/α,β-unsaturated/α-hetero) is 1. The molecule has 0 amide bonds. The zero-order chi connectivity index (χ0) is 22.7. The van der Waals surface area contributed by atoms with Gasteiger partial charge >= 0.3 is 0 Å². The van der Waals surface area contributed by atoms with E-state index in [1.54, 1.807) is 24.0 Å². The van der Waals surface area contributed by atoms with Gasteiger partial charge in [-0.2, -0.15) is 0 Å². The molecule has 4 heterocycles. The summed E-state index contributed by atoms with van der Waals surface area (Å²) in [6.07, 6.45) is 6.80. The Balaban J connectivity index is 1.20. The normalized spacial score (nSPS) is 15.4. The van der Waals surface area contributed by atoms with Crippen molar-refractivity contribution in [3.8, 4) is 10.6 Å². The van der Waals surface area contributed by atoms with Crippen LogP contribution in [0.5, 0.6) is 0 Å². The monoisotopic (exact) mass is 456 g/mol. The highest BCUT2D eigenvalue weighted by Crippen LogP contribution is 2.34. The lowest BCUT2D eigenvalue weighted by molar-refractivity contribution is 0.0116. The van der Waals surface area contributed by atoms with E-state index in [2.05, 4.69) is 19.9 Å². The van der Waals surface area contributed by atoms with Crippen molar-refractivity contribution in [2.24, 2.45) is 0 Å². The molecule has 6 nitrogen and oxygen atoms in total. The van der Waals surface area contributed by atoms with E-state index in [0.29, 0.717) is 18.5 Å². The third kappa shape index (κ3) is 4.69. The van der Waals surface area contributed by atoms with E-state index in [1.807, 2.05) is 54.6 Å².